The van der Waals surface area contributed by atoms with Gasteiger partial charge in [0.25, 0.3) is 0 Å². The Morgan fingerprint density at radius 3 is 2.36 bits per heavy atom. The van der Waals surface area contributed by atoms with E-state index >= 15 is 0 Å². The van der Waals surface area contributed by atoms with Crippen LogP contribution in [0.2, 0.25) is 0 Å². The Labute approximate surface area is 74.2 Å². The molecule has 0 aromatic heterocycles. The van der Waals surface area contributed by atoms with Crippen molar-refractivity contribution in [2.24, 2.45) is 5.92 Å². The van der Waals surface area contributed by atoms with Gasteiger partial charge in [0.15, 0.2) is 0 Å². The van der Waals surface area contributed by atoms with Crippen molar-refractivity contribution < 1.29 is 9.59 Å². The Balaban J connectivity index is 2.68. The van der Waals surface area contributed by atoms with Crippen molar-refractivity contribution in [3.8, 4) is 0 Å². The summed E-state index contributed by atoms with van der Waals surface area (Å²) in [6.07, 6.45) is 2.71. The molecule has 1 aliphatic carbocycles. The molecule has 0 saturated carbocycles. The van der Waals surface area contributed by atoms with Crippen molar-refractivity contribution in [1.82, 2.24) is 0 Å². The Kier molecular flexibility index (Phi) is 2.68. The van der Waals surface area contributed by atoms with Crippen LogP contribution in [0.3, 0.4) is 0 Å². The summed E-state index contributed by atoms with van der Waals surface area (Å²) in [6.45, 7) is 0. The predicted octanol–water partition coefficient (Wildman–Crippen LogP) is 1.85. The molecule has 0 heterocycles. The normalized spacial score (nSPS) is 23.1. The zero-order chi connectivity index (χ0) is 8.43. The maximum Gasteiger partial charge on any atom is 0.248 e. The minimum absolute atomic E-state index is 0.311. The molecular weight excluding hydrogens is 187 g/mol. The van der Waals surface area contributed by atoms with Crippen LogP contribution in [0.15, 0.2) is 11.6 Å². The molecule has 1 atom stereocenters. The molecule has 1 unspecified atom stereocenters. The van der Waals surface area contributed by atoms with E-state index in [-0.39, 0.29) is 5.92 Å². The third-order valence-electron chi connectivity index (χ3n) is 1.67. The summed E-state index contributed by atoms with van der Waals surface area (Å²) in [5, 5.41) is -0.900. The standard InChI is InChI=1S/C7H6Cl2O2/c8-6(10)4-1-2-5(3-4)7(9)11/h3-4H,1-2H2. The zero-order valence-electron chi connectivity index (χ0n) is 5.64. The fourth-order valence-electron chi connectivity index (χ4n) is 1.06. The minimum atomic E-state index is -0.481. The van der Waals surface area contributed by atoms with E-state index in [9.17, 15) is 9.59 Å². The lowest BCUT2D eigenvalue weighted by atomic mass is 10.1. The number of hydrogen-bond acceptors (Lipinski definition) is 2. The highest BCUT2D eigenvalue weighted by Gasteiger charge is 2.23. The van der Waals surface area contributed by atoms with Crippen LogP contribution in [0, 0.1) is 5.92 Å². The molecule has 0 saturated heterocycles. The summed E-state index contributed by atoms with van der Waals surface area (Å²) in [6, 6.07) is 0. The van der Waals surface area contributed by atoms with Gasteiger partial charge < -0.3 is 0 Å². The van der Waals surface area contributed by atoms with E-state index in [1.165, 1.54) is 0 Å². The number of allylic oxidation sites excluding steroid dienone is 2. The van der Waals surface area contributed by atoms with Gasteiger partial charge in [0.05, 0.1) is 5.92 Å². The smallest absolute Gasteiger partial charge is 0.248 e. The van der Waals surface area contributed by atoms with Gasteiger partial charge in [-0.1, -0.05) is 6.08 Å². The molecule has 0 spiro atoms. The fraction of sp³-hybridized carbons (Fsp3) is 0.429. The Morgan fingerprint density at radius 2 is 2.09 bits per heavy atom. The number of carbonyl (C=O) groups excluding carboxylic acids is 2. The summed E-state index contributed by atoms with van der Waals surface area (Å²) in [5.41, 5.74) is 0.505. The van der Waals surface area contributed by atoms with Gasteiger partial charge >= 0.3 is 0 Å². The number of rotatable bonds is 2. The first kappa shape index (κ1) is 8.75. The molecule has 0 aliphatic heterocycles. The van der Waals surface area contributed by atoms with Gasteiger partial charge in [0.1, 0.15) is 0 Å². The Hall–Kier alpha value is -0.340. The van der Waals surface area contributed by atoms with E-state index in [4.69, 9.17) is 23.2 Å². The lowest BCUT2D eigenvalue weighted by molar-refractivity contribution is -0.113. The molecule has 0 amide bonds. The highest BCUT2D eigenvalue weighted by atomic mass is 35.5. The van der Waals surface area contributed by atoms with Gasteiger partial charge in [0.2, 0.25) is 10.5 Å². The predicted molar refractivity (Wildman–Crippen MR) is 42.5 cm³/mol. The van der Waals surface area contributed by atoms with E-state index in [2.05, 4.69) is 0 Å². The fourth-order valence-corrected chi connectivity index (χ4v) is 1.39. The van der Waals surface area contributed by atoms with Gasteiger partial charge in [0, 0.05) is 5.57 Å². The molecule has 0 aromatic rings. The summed E-state index contributed by atoms with van der Waals surface area (Å²) in [5.74, 6) is -0.311. The lowest BCUT2D eigenvalue weighted by Gasteiger charge is -1.94. The van der Waals surface area contributed by atoms with Crippen molar-refractivity contribution >= 4 is 33.7 Å². The minimum Gasteiger partial charge on any atom is -0.281 e. The van der Waals surface area contributed by atoms with Crippen LogP contribution >= 0.6 is 23.2 Å². The van der Waals surface area contributed by atoms with Gasteiger partial charge in [-0.15, -0.1) is 0 Å². The molecular formula is C7H6Cl2O2. The van der Waals surface area contributed by atoms with Crippen LogP contribution in [-0.4, -0.2) is 10.5 Å². The van der Waals surface area contributed by atoms with Crippen molar-refractivity contribution in [1.29, 1.82) is 0 Å². The van der Waals surface area contributed by atoms with Crippen molar-refractivity contribution in [3.63, 3.8) is 0 Å². The van der Waals surface area contributed by atoms with E-state index in [1.807, 2.05) is 0 Å². The van der Waals surface area contributed by atoms with Gasteiger partial charge in [-0.05, 0) is 36.0 Å². The van der Waals surface area contributed by atoms with Crippen LogP contribution in [0.25, 0.3) is 0 Å². The van der Waals surface area contributed by atoms with Crippen LogP contribution in [0.5, 0.6) is 0 Å². The van der Waals surface area contributed by atoms with Crippen LogP contribution < -0.4 is 0 Å². The van der Waals surface area contributed by atoms with Crippen LogP contribution in [0.4, 0.5) is 0 Å². The maximum atomic E-state index is 10.6. The molecule has 4 heteroatoms. The highest BCUT2D eigenvalue weighted by Crippen LogP contribution is 2.26. The van der Waals surface area contributed by atoms with Crippen molar-refractivity contribution in [2.45, 2.75) is 12.8 Å². The summed E-state index contributed by atoms with van der Waals surface area (Å²) in [4.78, 5) is 21.1. The second-order valence-corrected chi connectivity index (χ2v) is 3.13. The second kappa shape index (κ2) is 3.37. The van der Waals surface area contributed by atoms with Crippen LogP contribution in [-0.2, 0) is 9.59 Å². The molecule has 0 bridgehead atoms. The number of hydrogen-bond donors (Lipinski definition) is 0. The largest absolute Gasteiger partial charge is 0.281 e. The third-order valence-corrected chi connectivity index (χ3v) is 2.19. The molecule has 11 heavy (non-hydrogen) atoms. The molecule has 60 valence electrons. The summed E-state index contributed by atoms with van der Waals surface area (Å²) >= 11 is 10.4. The molecule has 0 radical (unpaired) electrons. The van der Waals surface area contributed by atoms with E-state index in [1.54, 1.807) is 6.08 Å². The Morgan fingerprint density at radius 1 is 1.45 bits per heavy atom. The first-order valence-electron chi connectivity index (χ1n) is 3.21. The molecule has 2 nitrogen and oxygen atoms in total. The topological polar surface area (TPSA) is 34.1 Å². The Bertz CT molecular complexity index is 233. The first-order chi connectivity index (χ1) is 5.11. The van der Waals surface area contributed by atoms with Crippen LogP contribution in [0.1, 0.15) is 12.8 Å². The second-order valence-electron chi connectivity index (χ2n) is 2.41. The SMILES string of the molecule is O=C(Cl)C1=CC(C(=O)Cl)CC1. The molecule has 0 aromatic carbocycles. The average Bonchev–Trinajstić information content (AvgIpc) is 2.33. The summed E-state index contributed by atoms with van der Waals surface area (Å²) < 4.78 is 0. The van der Waals surface area contributed by atoms with E-state index < -0.39 is 10.5 Å². The quantitative estimate of drug-likeness (QED) is 0.627. The van der Waals surface area contributed by atoms with Crippen molar-refractivity contribution in [3.05, 3.63) is 11.6 Å². The van der Waals surface area contributed by atoms with Gasteiger partial charge in [-0.3, -0.25) is 9.59 Å². The van der Waals surface area contributed by atoms with E-state index in [0.717, 1.165) is 0 Å². The van der Waals surface area contributed by atoms with Gasteiger partial charge in [-0.25, -0.2) is 0 Å². The van der Waals surface area contributed by atoms with Gasteiger partial charge in [-0.2, -0.15) is 0 Å². The van der Waals surface area contributed by atoms with Crippen molar-refractivity contribution in [2.75, 3.05) is 0 Å². The maximum absolute atomic E-state index is 10.6. The number of carbonyl (C=O) groups is 2. The third kappa shape index (κ3) is 2.04. The summed E-state index contributed by atoms with van der Waals surface area (Å²) in [7, 11) is 0. The molecule has 1 rings (SSSR count). The molecule has 1 aliphatic rings. The first-order valence-corrected chi connectivity index (χ1v) is 3.96. The zero-order valence-corrected chi connectivity index (χ0v) is 7.15. The molecule has 0 N–H and O–H groups in total. The highest BCUT2D eigenvalue weighted by molar-refractivity contribution is 6.68. The molecule has 0 fully saturated rings. The average molecular weight is 193 g/mol. The lowest BCUT2D eigenvalue weighted by Crippen LogP contribution is -2.00. The monoisotopic (exact) mass is 192 g/mol. The van der Waals surface area contributed by atoms with E-state index in [0.29, 0.717) is 18.4 Å². The number of halogens is 2.